The van der Waals surface area contributed by atoms with E-state index in [-0.39, 0.29) is 6.07 Å². The highest BCUT2D eigenvalue weighted by molar-refractivity contribution is 7.41. The van der Waals surface area contributed by atoms with Gasteiger partial charge in [-0.25, -0.2) is 0 Å². The molecule has 0 rings (SSSR count). The molecule has 0 aliphatic carbocycles. The Kier molecular flexibility index (Phi) is 6.16. The largest absolute Gasteiger partial charge is 0.333 e. The summed E-state index contributed by atoms with van der Waals surface area (Å²) in [6.07, 6.45) is 0. The van der Waals surface area contributed by atoms with Crippen LogP contribution < -0.4 is 0 Å². The highest BCUT2D eigenvalue weighted by Crippen LogP contribution is 2.36. The van der Waals surface area contributed by atoms with Crippen molar-refractivity contribution >= 4 is 20.2 Å². The lowest BCUT2D eigenvalue weighted by Gasteiger charge is -2.07. The second kappa shape index (κ2) is 5.73. The molecule has 0 aromatic heterocycles. The van der Waals surface area contributed by atoms with Crippen molar-refractivity contribution in [2.45, 2.75) is 0 Å². The molecule has 0 saturated heterocycles. The molecule has 0 aromatic carbocycles. The average Bonchev–Trinajstić information content (AvgIpc) is 1.83. The topological polar surface area (TPSA) is 27.7 Å². The van der Waals surface area contributed by atoms with Gasteiger partial charge in [0.25, 0.3) is 0 Å². The summed E-state index contributed by atoms with van der Waals surface area (Å²) in [6, 6.07) is 0.105. The van der Waals surface area contributed by atoms with Crippen LogP contribution in [0.1, 0.15) is 0 Å². The monoisotopic (exact) mass is 158 g/mol. The van der Waals surface area contributed by atoms with Gasteiger partial charge in [-0.1, -0.05) is 11.6 Å². The van der Waals surface area contributed by atoms with Crippen LogP contribution in [0.3, 0.4) is 0 Å². The number of rotatable bonds is 4. The molecule has 0 aromatic rings. The molecule has 0 bridgehead atoms. The molecule has 3 nitrogen and oxygen atoms in total. The molecule has 0 amide bonds. The van der Waals surface area contributed by atoms with Crippen molar-refractivity contribution in [1.29, 1.82) is 0 Å². The van der Waals surface area contributed by atoms with Crippen molar-refractivity contribution in [3.63, 3.8) is 0 Å². The maximum Gasteiger partial charge on any atom is 0.333 e. The fourth-order valence-electron chi connectivity index (χ4n) is 0.220. The molecule has 0 aliphatic rings. The zero-order chi connectivity index (χ0) is 6.41. The van der Waals surface area contributed by atoms with Crippen LogP contribution >= 0.6 is 20.2 Å². The van der Waals surface area contributed by atoms with E-state index in [0.717, 1.165) is 0 Å². The molecule has 0 N–H and O–H groups in total. The van der Waals surface area contributed by atoms with Crippen molar-refractivity contribution in [2.75, 3.05) is 20.3 Å². The van der Waals surface area contributed by atoms with E-state index in [9.17, 15) is 0 Å². The molecule has 0 spiro atoms. The summed E-state index contributed by atoms with van der Waals surface area (Å²) in [6.45, 7) is 0. The summed E-state index contributed by atoms with van der Waals surface area (Å²) in [5, 5.41) is 0. The SMILES string of the molecule is COP(OC)OCCl. The van der Waals surface area contributed by atoms with E-state index in [4.69, 9.17) is 16.1 Å². The molecule has 50 valence electrons. The van der Waals surface area contributed by atoms with Gasteiger partial charge < -0.3 is 9.05 Å². The third kappa shape index (κ3) is 3.58. The van der Waals surface area contributed by atoms with E-state index < -0.39 is 8.60 Å². The summed E-state index contributed by atoms with van der Waals surface area (Å²) < 4.78 is 14.1. The van der Waals surface area contributed by atoms with Gasteiger partial charge in [-0.2, -0.15) is 0 Å². The minimum Gasteiger partial charge on any atom is -0.316 e. The van der Waals surface area contributed by atoms with E-state index >= 15 is 0 Å². The van der Waals surface area contributed by atoms with Gasteiger partial charge in [0.15, 0.2) is 0 Å². The lowest BCUT2D eigenvalue weighted by Crippen LogP contribution is -1.85. The summed E-state index contributed by atoms with van der Waals surface area (Å²) in [7, 11) is 1.82. The molecule has 0 unspecified atom stereocenters. The Balaban J connectivity index is 3.07. The summed E-state index contributed by atoms with van der Waals surface area (Å²) in [5.74, 6) is 0. The van der Waals surface area contributed by atoms with E-state index in [1.807, 2.05) is 0 Å². The van der Waals surface area contributed by atoms with E-state index in [0.29, 0.717) is 0 Å². The van der Waals surface area contributed by atoms with Gasteiger partial charge >= 0.3 is 8.60 Å². The van der Waals surface area contributed by atoms with E-state index in [2.05, 4.69) is 9.05 Å². The molecule has 8 heavy (non-hydrogen) atoms. The van der Waals surface area contributed by atoms with Gasteiger partial charge in [0.1, 0.15) is 6.07 Å². The van der Waals surface area contributed by atoms with Crippen molar-refractivity contribution in [1.82, 2.24) is 0 Å². The van der Waals surface area contributed by atoms with Crippen molar-refractivity contribution in [2.24, 2.45) is 0 Å². The zero-order valence-electron chi connectivity index (χ0n) is 4.76. The Hall–Kier alpha value is 0.600. The first-order valence-corrected chi connectivity index (χ1v) is 3.55. The predicted molar refractivity (Wildman–Crippen MR) is 32.7 cm³/mol. The normalized spacial score (nSPS) is 10.5. The molecule has 0 radical (unpaired) electrons. The van der Waals surface area contributed by atoms with Crippen LogP contribution in [0.4, 0.5) is 0 Å². The molecule has 0 atom stereocenters. The number of hydrogen-bond donors (Lipinski definition) is 0. The Labute approximate surface area is 54.9 Å². The van der Waals surface area contributed by atoms with Crippen LogP contribution in [0.15, 0.2) is 0 Å². The minimum absolute atomic E-state index is 0.105. The van der Waals surface area contributed by atoms with Gasteiger partial charge in [0.2, 0.25) is 0 Å². The highest BCUT2D eigenvalue weighted by atomic mass is 35.5. The van der Waals surface area contributed by atoms with Crippen LogP contribution in [-0.2, 0) is 13.6 Å². The van der Waals surface area contributed by atoms with Crippen molar-refractivity contribution in [3.05, 3.63) is 0 Å². The molecular formula is C3H8ClO3P. The average molecular weight is 159 g/mol. The van der Waals surface area contributed by atoms with E-state index in [1.54, 1.807) is 0 Å². The smallest absolute Gasteiger partial charge is 0.316 e. The second-order valence-corrected chi connectivity index (χ2v) is 2.48. The van der Waals surface area contributed by atoms with Crippen LogP contribution in [0.5, 0.6) is 0 Å². The fourth-order valence-corrected chi connectivity index (χ4v) is 0.898. The maximum absolute atomic E-state index is 5.19. The molecular weight excluding hydrogens is 150 g/mol. The first kappa shape index (κ1) is 8.60. The molecule has 5 heteroatoms. The Morgan fingerprint density at radius 3 is 2.00 bits per heavy atom. The quantitative estimate of drug-likeness (QED) is 0.461. The third-order valence-electron chi connectivity index (χ3n) is 0.452. The van der Waals surface area contributed by atoms with Gasteiger partial charge in [-0.15, -0.1) is 0 Å². The van der Waals surface area contributed by atoms with Crippen LogP contribution in [0.25, 0.3) is 0 Å². The maximum atomic E-state index is 5.19. The van der Waals surface area contributed by atoms with Crippen LogP contribution in [0, 0.1) is 0 Å². The molecule has 0 aliphatic heterocycles. The number of halogens is 1. The van der Waals surface area contributed by atoms with Gasteiger partial charge in [0.05, 0.1) is 0 Å². The molecule has 0 fully saturated rings. The Morgan fingerprint density at radius 1 is 1.38 bits per heavy atom. The standard InChI is InChI=1S/C3H8ClO3P/c1-5-8(6-2)7-3-4/h3H2,1-2H3. The Bertz CT molecular complexity index is 49.8. The van der Waals surface area contributed by atoms with Gasteiger partial charge in [0, 0.05) is 14.2 Å². The fraction of sp³-hybridized carbons (Fsp3) is 1.00. The highest BCUT2D eigenvalue weighted by Gasteiger charge is 2.03. The minimum atomic E-state index is -1.19. The lowest BCUT2D eigenvalue weighted by molar-refractivity contribution is 0.231. The van der Waals surface area contributed by atoms with Crippen LogP contribution in [0.2, 0.25) is 0 Å². The number of alkyl halides is 1. The first-order valence-electron chi connectivity index (χ1n) is 1.92. The number of hydrogen-bond acceptors (Lipinski definition) is 3. The molecule has 0 saturated carbocycles. The second-order valence-electron chi connectivity index (χ2n) is 0.827. The summed E-state index contributed by atoms with van der Waals surface area (Å²) in [5.41, 5.74) is 0. The van der Waals surface area contributed by atoms with Gasteiger partial charge in [-0.3, -0.25) is 4.52 Å². The lowest BCUT2D eigenvalue weighted by atomic mass is 11.7. The zero-order valence-corrected chi connectivity index (χ0v) is 6.41. The summed E-state index contributed by atoms with van der Waals surface area (Å²) in [4.78, 5) is 0. The predicted octanol–water partition coefficient (Wildman–Crippen LogP) is 1.72. The molecule has 0 heterocycles. The van der Waals surface area contributed by atoms with Crippen molar-refractivity contribution < 1.29 is 13.6 Å². The van der Waals surface area contributed by atoms with Crippen LogP contribution in [-0.4, -0.2) is 20.3 Å². The summed E-state index contributed by atoms with van der Waals surface area (Å²) >= 11 is 5.19. The van der Waals surface area contributed by atoms with Gasteiger partial charge in [-0.05, 0) is 0 Å². The first-order chi connectivity index (χ1) is 3.85. The van der Waals surface area contributed by atoms with E-state index in [1.165, 1.54) is 14.2 Å². The Morgan fingerprint density at radius 2 is 1.88 bits per heavy atom. The third-order valence-corrected chi connectivity index (χ3v) is 1.65. The van der Waals surface area contributed by atoms with Crippen molar-refractivity contribution in [3.8, 4) is 0 Å².